The van der Waals surface area contributed by atoms with E-state index in [0.29, 0.717) is 11.9 Å². The van der Waals surface area contributed by atoms with Crippen LogP contribution >= 0.6 is 11.6 Å². The average molecular weight is 465 g/mol. The van der Waals surface area contributed by atoms with E-state index in [1.165, 1.54) is 4.68 Å². The average Bonchev–Trinajstić information content (AvgIpc) is 2.98. The Labute approximate surface area is 176 Å². The van der Waals surface area contributed by atoms with Gasteiger partial charge in [-0.05, 0) is 38.0 Å². The second-order valence-corrected chi connectivity index (χ2v) is 9.45. The van der Waals surface area contributed by atoms with Crippen LogP contribution in [0.1, 0.15) is 24.1 Å². The quantitative estimate of drug-likeness (QED) is 0.751. The molecule has 1 saturated heterocycles. The first-order valence-corrected chi connectivity index (χ1v) is 10.9. The molecule has 3 rings (SSSR count). The Kier molecular flexibility index (Phi) is 6.17. The molecule has 1 aromatic heterocycles. The fraction of sp³-hybridized carbons (Fsp3) is 0.444. The first-order valence-electron chi connectivity index (χ1n) is 9.08. The van der Waals surface area contributed by atoms with Crippen molar-refractivity contribution in [1.82, 2.24) is 14.1 Å². The van der Waals surface area contributed by atoms with Gasteiger partial charge in [-0.15, -0.1) is 0 Å². The van der Waals surface area contributed by atoms with Gasteiger partial charge in [0.1, 0.15) is 5.82 Å². The van der Waals surface area contributed by atoms with Crippen molar-refractivity contribution < 1.29 is 26.4 Å². The van der Waals surface area contributed by atoms with Gasteiger partial charge in [0.2, 0.25) is 15.9 Å². The minimum Gasteiger partial charge on any atom is -0.311 e. The Hall–Kier alpha value is -2.11. The molecule has 0 saturated carbocycles. The molecule has 0 aliphatic carbocycles. The fourth-order valence-electron chi connectivity index (χ4n) is 3.35. The fourth-order valence-corrected chi connectivity index (χ4v) is 5.07. The van der Waals surface area contributed by atoms with Crippen molar-refractivity contribution in [1.29, 1.82) is 0 Å². The molecular weight excluding hydrogens is 445 g/mol. The van der Waals surface area contributed by atoms with Gasteiger partial charge < -0.3 is 5.32 Å². The zero-order valence-electron chi connectivity index (χ0n) is 16.2. The maximum absolute atomic E-state index is 13.1. The van der Waals surface area contributed by atoms with E-state index in [4.69, 9.17) is 11.6 Å². The number of hydrogen-bond acceptors (Lipinski definition) is 4. The molecule has 1 aliphatic heterocycles. The number of anilines is 1. The van der Waals surface area contributed by atoms with Crippen molar-refractivity contribution in [3.63, 3.8) is 0 Å². The molecule has 12 heteroatoms. The van der Waals surface area contributed by atoms with Crippen molar-refractivity contribution in [2.24, 2.45) is 13.0 Å². The normalized spacial score (nSPS) is 16.6. The summed E-state index contributed by atoms with van der Waals surface area (Å²) in [7, 11) is -2.45. The van der Waals surface area contributed by atoms with Gasteiger partial charge in [0.15, 0.2) is 0 Å². The van der Waals surface area contributed by atoms with Gasteiger partial charge >= 0.3 is 6.18 Å². The number of amides is 1. The van der Waals surface area contributed by atoms with Crippen molar-refractivity contribution >= 4 is 33.3 Å². The van der Waals surface area contributed by atoms with Crippen LogP contribution in [0.15, 0.2) is 29.2 Å². The Morgan fingerprint density at radius 2 is 1.87 bits per heavy atom. The predicted molar refractivity (Wildman–Crippen MR) is 105 cm³/mol. The van der Waals surface area contributed by atoms with Crippen LogP contribution in [0.3, 0.4) is 0 Å². The zero-order valence-corrected chi connectivity index (χ0v) is 17.8. The second-order valence-electron chi connectivity index (χ2n) is 7.10. The number of hydrogen-bond donors (Lipinski definition) is 1. The second kappa shape index (κ2) is 8.20. The minimum absolute atomic E-state index is 0.0226. The number of sulfonamides is 1. The lowest BCUT2D eigenvalue weighted by atomic mass is 9.97. The summed E-state index contributed by atoms with van der Waals surface area (Å²) < 4.78 is 67.4. The van der Waals surface area contributed by atoms with Gasteiger partial charge in [-0.25, -0.2) is 8.42 Å². The Morgan fingerprint density at radius 1 is 1.23 bits per heavy atom. The highest BCUT2D eigenvalue weighted by Gasteiger charge is 2.37. The Bertz CT molecular complexity index is 1060. The number of piperidine rings is 1. The van der Waals surface area contributed by atoms with Crippen LogP contribution in [0.25, 0.3) is 0 Å². The molecule has 7 nitrogen and oxygen atoms in total. The van der Waals surface area contributed by atoms with Crippen molar-refractivity contribution in [2.75, 3.05) is 18.4 Å². The molecule has 2 aromatic rings. The number of nitrogens with one attached hydrogen (secondary N) is 1. The number of halogens is 4. The molecule has 30 heavy (non-hydrogen) atoms. The number of alkyl halides is 3. The monoisotopic (exact) mass is 464 g/mol. The van der Waals surface area contributed by atoms with Gasteiger partial charge in [0.25, 0.3) is 0 Å². The van der Waals surface area contributed by atoms with Crippen LogP contribution in [0.2, 0.25) is 5.02 Å². The molecule has 1 fully saturated rings. The third kappa shape index (κ3) is 4.62. The molecule has 0 unspecified atom stereocenters. The van der Waals surface area contributed by atoms with Crippen LogP contribution in [0, 0.1) is 12.8 Å². The van der Waals surface area contributed by atoms with Gasteiger partial charge in [-0.3, -0.25) is 9.48 Å². The summed E-state index contributed by atoms with van der Waals surface area (Å²) in [6.07, 6.45) is -4.26. The van der Waals surface area contributed by atoms with Gasteiger partial charge in [0, 0.05) is 32.1 Å². The molecule has 0 atom stereocenters. The van der Waals surface area contributed by atoms with Crippen LogP contribution in [-0.4, -0.2) is 41.5 Å². The lowest BCUT2D eigenvalue weighted by Crippen LogP contribution is -2.41. The highest BCUT2D eigenvalue weighted by molar-refractivity contribution is 7.89. The van der Waals surface area contributed by atoms with Crippen LogP contribution in [0.5, 0.6) is 0 Å². The number of aryl methyl sites for hydroxylation is 2. The smallest absolute Gasteiger partial charge is 0.311 e. The van der Waals surface area contributed by atoms with E-state index in [1.807, 2.05) is 0 Å². The summed E-state index contributed by atoms with van der Waals surface area (Å²) in [6.45, 7) is 1.84. The summed E-state index contributed by atoms with van der Waals surface area (Å²) in [5.41, 5.74) is -0.458. The zero-order chi connectivity index (χ0) is 22.3. The minimum atomic E-state index is -4.77. The highest BCUT2D eigenvalue weighted by atomic mass is 35.5. The number of benzene rings is 1. The van der Waals surface area contributed by atoms with Crippen LogP contribution in [0.4, 0.5) is 19.0 Å². The molecular formula is C18H20ClF3N4O3S. The van der Waals surface area contributed by atoms with E-state index >= 15 is 0 Å². The van der Waals surface area contributed by atoms with Crippen LogP contribution in [-0.2, 0) is 28.0 Å². The number of carbonyl (C=O) groups excluding carboxylic acids is 1. The van der Waals surface area contributed by atoms with E-state index < -0.39 is 37.6 Å². The first kappa shape index (κ1) is 22.6. The summed E-state index contributed by atoms with van der Waals surface area (Å²) in [5, 5.41) is 6.35. The lowest BCUT2D eigenvalue weighted by Gasteiger charge is -2.30. The molecule has 1 aliphatic rings. The predicted octanol–water partition coefficient (Wildman–Crippen LogP) is 3.44. The number of aromatic nitrogens is 2. The maximum Gasteiger partial charge on any atom is 0.417 e. The standard InChI is InChI=1S/C18H20ClF3N4O3S/c1-11-9-16(25(2)24-11)23-17(27)12-5-7-26(8-6-12)30(28,29)13-3-4-15(19)14(10-13)18(20,21)22/h3-4,9-10,12H,5-8H2,1-2H3,(H,23,27). The van der Waals surface area contributed by atoms with E-state index in [9.17, 15) is 26.4 Å². The Morgan fingerprint density at radius 3 is 2.40 bits per heavy atom. The molecule has 0 radical (unpaired) electrons. The molecule has 164 valence electrons. The van der Waals surface area contributed by atoms with Crippen molar-refractivity contribution in [2.45, 2.75) is 30.8 Å². The van der Waals surface area contributed by atoms with Gasteiger partial charge in [-0.2, -0.15) is 22.6 Å². The molecule has 1 aromatic carbocycles. The molecule has 1 amide bonds. The van der Waals surface area contributed by atoms with E-state index in [-0.39, 0.29) is 31.8 Å². The van der Waals surface area contributed by atoms with Gasteiger partial charge in [0.05, 0.1) is 21.2 Å². The van der Waals surface area contributed by atoms with Crippen LogP contribution < -0.4 is 5.32 Å². The van der Waals surface area contributed by atoms with E-state index in [2.05, 4.69) is 10.4 Å². The molecule has 0 spiro atoms. The molecule has 0 bridgehead atoms. The number of rotatable bonds is 4. The summed E-state index contributed by atoms with van der Waals surface area (Å²) in [5.74, 6) is -0.128. The SMILES string of the molecule is Cc1cc(NC(=O)C2CCN(S(=O)(=O)c3ccc(Cl)c(C(F)(F)F)c3)CC2)n(C)n1. The third-order valence-electron chi connectivity index (χ3n) is 4.96. The largest absolute Gasteiger partial charge is 0.417 e. The van der Waals surface area contributed by atoms with Crippen molar-refractivity contribution in [3.05, 3.63) is 40.5 Å². The number of nitrogens with zero attached hydrogens (tertiary/aromatic N) is 3. The molecule has 1 N–H and O–H groups in total. The summed E-state index contributed by atoms with van der Waals surface area (Å²) >= 11 is 5.57. The van der Waals surface area contributed by atoms with Crippen molar-refractivity contribution in [3.8, 4) is 0 Å². The first-order chi connectivity index (χ1) is 13.9. The van der Waals surface area contributed by atoms with Gasteiger partial charge in [-0.1, -0.05) is 11.6 Å². The topological polar surface area (TPSA) is 84.3 Å². The number of carbonyl (C=O) groups is 1. The van der Waals surface area contributed by atoms with E-state index in [0.717, 1.165) is 22.1 Å². The summed E-state index contributed by atoms with van der Waals surface area (Å²) in [6, 6.07) is 4.24. The highest BCUT2D eigenvalue weighted by Crippen LogP contribution is 2.36. The maximum atomic E-state index is 13.1. The summed E-state index contributed by atoms with van der Waals surface area (Å²) in [4.78, 5) is 12.0. The molecule has 2 heterocycles. The lowest BCUT2D eigenvalue weighted by molar-refractivity contribution is -0.137. The van der Waals surface area contributed by atoms with E-state index in [1.54, 1.807) is 20.0 Å². The Balaban J connectivity index is 1.69. The third-order valence-corrected chi connectivity index (χ3v) is 7.18.